The molecule has 27 heavy (non-hydrogen) atoms. The van der Waals surface area contributed by atoms with Gasteiger partial charge in [0.1, 0.15) is 0 Å². The zero-order chi connectivity index (χ0) is 19.2. The number of amides is 2. The lowest BCUT2D eigenvalue weighted by atomic mass is 10.1. The topological polar surface area (TPSA) is 78.0 Å². The Labute approximate surface area is 160 Å². The Hall–Kier alpha value is -1.93. The predicted molar refractivity (Wildman–Crippen MR) is 99.4 cm³/mol. The number of likely N-dealkylation sites (tertiary alicyclic amines) is 1. The van der Waals surface area contributed by atoms with E-state index in [0.29, 0.717) is 30.6 Å². The van der Waals surface area contributed by atoms with Gasteiger partial charge >= 0.3 is 0 Å². The van der Waals surface area contributed by atoms with Crippen LogP contribution in [0.5, 0.6) is 0 Å². The lowest BCUT2D eigenvalue weighted by Gasteiger charge is -2.35. The minimum atomic E-state index is -3.54. The fourth-order valence-electron chi connectivity index (χ4n) is 3.97. The van der Waals surface area contributed by atoms with Gasteiger partial charge in [0.25, 0.3) is 0 Å². The van der Waals surface area contributed by atoms with Gasteiger partial charge in [-0.2, -0.15) is 4.31 Å². The van der Waals surface area contributed by atoms with E-state index in [2.05, 4.69) is 0 Å². The van der Waals surface area contributed by atoms with Crippen molar-refractivity contribution in [2.24, 2.45) is 5.92 Å². The van der Waals surface area contributed by atoms with E-state index in [4.69, 9.17) is 0 Å². The SMILES string of the molecule is Cc1cccc(S(=O)(=O)N2CCN(C(=O)C3CC(=O)N(C4CC4)C3)CC2)c1. The number of rotatable bonds is 4. The summed E-state index contributed by atoms with van der Waals surface area (Å²) in [6, 6.07) is 7.22. The number of piperazine rings is 1. The summed E-state index contributed by atoms with van der Waals surface area (Å²) in [5.74, 6) is -0.214. The molecule has 1 aliphatic carbocycles. The van der Waals surface area contributed by atoms with Crippen molar-refractivity contribution in [3.8, 4) is 0 Å². The molecule has 1 aromatic rings. The second-order valence-corrected chi connectivity index (χ2v) is 9.66. The van der Waals surface area contributed by atoms with Crippen LogP contribution in [-0.2, 0) is 19.6 Å². The molecular formula is C19H25N3O4S. The average Bonchev–Trinajstić information content (AvgIpc) is 3.43. The molecule has 0 aromatic heterocycles. The molecule has 2 aliphatic heterocycles. The quantitative estimate of drug-likeness (QED) is 0.762. The molecule has 1 saturated carbocycles. The van der Waals surface area contributed by atoms with Crippen LogP contribution in [-0.4, -0.2) is 73.1 Å². The lowest BCUT2D eigenvalue weighted by molar-refractivity contribution is -0.137. The molecule has 2 heterocycles. The van der Waals surface area contributed by atoms with Crippen LogP contribution in [0.15, 0.2) is 29.2 Å². The molecule has 8 heteroatoms. The van der Waals surface area contributed by atoms with Crippen molar-refractivity contribution in [3.05, 3.63) is 29.8 Å². The maximum absolute atomic E-state index is 12.8. The number of sulfonamides is 1. The van der Waals surface area contributed by atoms with Crippen LogP contribution in [0.4, 0.5) is 0 Å². The van der Waals surface area contributed by atoms with Crippen LogP contribution >= 0.6 is 0 Å². The van der Waals surface area contributed by atoms with Gasteiger partial charge in [0.15, 0.2) is 0 Å². The maximum Gasteiger partial charge on any atom is 0.243 e. The van der Waals surface area contributed by atoms with Crippen LogP contribution < -0.4 is 0 Å². The van der Waals surface area contributed by atoms with E-state index in [1.807, 2.05) is 17.9 Å². The van der Waals surface area contributed by atoms with Crippen molar-refractivity contribution in [1.82, 2.24) is 14.1 Å². The highest BCUT2D eigenvalue weighted by Crippen LogP contribution is 2.33. The van der Waals surface area contributed by atoms with Crippen LogP contribution in [0.1, 0.15) is 24.8 Å². The fourth-order valence-corrected chi connectivity index (χ4v) is 5.50. The van der Waals surface area contributed by atoms with Crippen LogP contribution in [0.25, 0.3) is 0 Å². The van der Waals surface area contributed by atoms with Gasteiger partial charge in [0.05, 0.1) is 10.8 Å². The molecule has 0 spiro atoms. The Morgan fingerprint density at radius 2 is 1.81 bits per heavy atom. The number of carbonyl (C=O) groups excluding carboxylic acids is 2. The number of aryl methyl sites for hydroxylation is 1. The molecule has 7 nitrogen and oxygen atoms in total. The zero-order valence-electron chi connectivity index (χ0n) is 15.5. The van der Waals surface area contributed by atoms with Gasteiger partial charge in [0, 0.05) is 45.2 Å². The number of hydrogen-bond acceptors (Lipinski definition) is 4. The van der Waals surface area contributed by atoms with Gasteiger partial charge in [-0.1, -0.05) is 12.1 Å². The van der Waals surface area contributed by atoms with Crippen molar-refractivity contribution in [2.75, 3.05) is 32.7 Å². The molecule has 0 radical (unpaired) electrons. The molecule has 0 bridgehead atoms. The highest BCUT2D eigenvalue weighted by Gasteiger charge is 2.43. The van der Waals surface area contributed by atoms with Crippen molar-refractivity contribution >= 4 is 21.8 Å². The third-order valence-corrected chi connectivity index (χ3v) is 7.57. The number of benzene rings is 1. The Morgan fingerprint density at radius 1 is 1.11 bits per heavy atom. The summed E-state index contributed by atoms with van der Waals surface area (Å²) in [6.07, 6.45) is 2.38. The van der Waals surface area contributed by atoms with Gasteiger partial charge in [-0.25, -0.2) is 8.42 Å². The normalized spacial score (nSPS) is 24.5. The zero-order valence-corrected chi connectivity index (χ0v) is 16.3. The number of hydrogen-bond donors (Lipinski definition) is 0. The summed E-state index contributed by atoms with van der Waals surface area (Å²) in [5, 5.41) is 0. The largest absolute Gasteiger partial charge is 0.340 e. The van der Waals surface area contributed by atoms with Crippen molar-refractivity contribution in [3.63, 3.8) is 0 Å². The van der Waals surface area contributed by atoms with Crippen LogP contribution in [0.3, 0.4) is 0 Å². The summed E-state index contributed by atoms with van der Waals surface area (Å²) in [4.78, 5) is 28.7. The summed E-state index contributed by atoms with van der Waals surface area (Å²) in [7, 11) is -3.54. The van der Waals surface area contributed by atoms with Crippen LogP contribution in [0.2, 0.25) is 0 Å². The highest BCUT2D eigenvalue weighted by atomic mass is 32.2. The molecule has 1 unspecified atom stereocenters. The van der Waals surface area contributed by atoms with Gasteiger partial charge in [-0.15, -0.1) is 0 Å². The number of nitrogens with zero attached hydrogens (tertiary/aromatic N) is 3. The molecule has 3 fully saturated rings. The van der Waals surface area contributed by atoms with Gasteiger partial charge in [-0.3, -0.25) is 9.59 Å². The summed E-state index contributed by atoms with van der Waals surface area (Å²) in [6.45, 7) is 3.70. The molecule has 0 N–H and O–H groups in total. The standard InChI is InChI=1S/C19H25N3O4S/c1-14-3-2-4-17(11-14)27(25,26)21-9-7-20(8-10-21)19(24)15-12-18(23)22(13-15)16-5-6-16/h2-4,11,15-16H,5-10,12-13H2,1H3. The minimum absolute atomic E-state index is 0.0147. The third-order valence-electron chi connectivity index (χ3n) is 5.67. The van der Waals surface area contributed by atoms with E-state index in [1.54, 1.807) is 23.1 Å². The Balaban J connectivity index is 1.37. The number of carbonyl (C=O) groups is 2. The van der Waals surface area contributed by atoms with E-state index in [1.165, 1.54) is 4.31 Å². The highest BCUT2D eigenvalue weighted by molar-refractivity contribution is 7.89. The fraction of sp³-hybridized carbons (Fsp3) is 0.579. The van der Waals surface area contributed by atoms with Crippen molar-refractivity contribution < 1.29 is 18.0 Å². The van der Waals surface area contributed by atoms with Gasteiger partial charge < -0.3 is 9.80 Å². The molecule has 1 aromatic carbocycles. The van der Waals surface area contributed by atoms with Crippen LogP contribution in [0, 0.1) is 12.8 Å². The molecule has 2 amide bonds. The Kier molecular flexibility index (Phi) is 4.71. The van der Waals surface area contributed by atoms with E-state index in [-0.39, 0.29) is 37.2 Å². The average molecular weight is 391 g/mol. The lowest BCUT2D eigenvalue weighted by Crippen LogP contribution is -2.52. The van der Waals surface area contributed by atoms with E-state index in [9.17, 15) is 18.0 Å². The first-order valence-corrected chi connectivity index (χ1v) is 11.0. The summed E-state index contributed by atoms with van der Waals surface area (Å²) < 4.78 is 27.1. The van der Waals surface area contributed by atoms with Crippen molar-refractivity contribution in [2.45, 2.75) is 37.1 Å². The van der Waals surface area contributed by atoms with E-state index < -0.39 is 10.0 Å². The summed E-state index contributed by atoms with van der Waals surface area (Å²) >= 11 is 0. The molecular weight excluding hydrogens is 366 g/mol. The first-order chi connectivity index (χ1) is 12.9. The molecule has 2 saturated heterocycles. The second kappa shape index (κ2) is 6.91. The third kappa shape index (κ3) is 3.60. The van der Waals surface area contributed by atoms with E-state index >= 15 is 0 Å². The van der Waals surface area contributed by atoms with Gasteiger partial charge in [-0.05, 0) is 37.5 Å². The molecule has 4 rings (SSSR count). The predicted octanol–water partition coefficient (Wildman–Crippen LogP) is 0.839. The Morgan fingerprint density at radius 3 is 2.44 bits per heavy atom. The first-order valence-electron chi connectivity index (χ1n) is 9.51. The monoisotopic (exact) mass is 391 g/mol. The summed E-state index contributed by atoms with van der Waals surface area (Å²) in [5.41, 5.74) is 0.899. The maximum atomic E-state index is 12.8. The van der Waals surface area contributed by atoms with Crippen molar-refractivity contribution in [1.29, 1.82) is 0 Å². The molecule has 1 atom stereocenters. The smallest absolute Gasteiger partial charge is 0.243 e. The van der Waals surface area contributed by atoms with E-state index in [0.717, 1.165) is 18.4 Å². The Bertz CT molecular complexity index is 857. The minimum Gasteiger partial charge on any atom is -0.340 e. The van der Waals surface area contributed by atoms with Gasteiger partial charge in [0.2, 0.25) is 21.8 Å². The molecule has 146 valence electrons. The first kappa shape index (κ1) is 18.4. The molecule has 3 aliphatic rings. The second-order valence-electron chi connectivity index (χ2n) is 7.72.